The van der Waals surface area contributed by atoms with Crippen molar-refractivity contribution in [1.29, 1.82) is 0 Å². The first kappa shape index (κ1) is 20.4. The van der Waals surface area contributed by atoms with Crippen LogP contribution in [0.1, 0.15) is 25.6 Å². The molecular formula is C18H19FN6O3S. The molecule has 0 unspecified atom stereocenters. The normalized spacial score (nSPS) is 10.7. The van der Waals surface area contributed by atoms with Gasteiger partial charge < -0.3 is 21.1 Å². The van der Waals surface area contributed by atoms with Crippen molar-refractivity contribution in [2.24, 2.45) is 0 Å². The van der Waals surface area contributed by atoms with Gasteiger partial charge in [0.2, 0.25) is 0 Å². The van der Waals surface area contributed by atoms with Gasteiger partial charge in [0.15, 0.2) is 10.9 Å². The number of thiazole rings is 1. The summed E-state index contributed by atoms with van der Waals surface area (Å²) in [5.74, 6) is -1.56. The predicted molar refractivity (Wildman–Crippen MR) is 108 cm³/mol. The molecule has 0 bridgehead atoms. The number of hydrogen-bond donors (Lipinski definition) is 3. The zero-order valence-electron chi connectivity index (χ0n) is 15.7. The molecule has 0 atom stereocenters. The number of nitrogen functional groups attached to an aromatic ring is 1. The fourth-order valence-electron chi connectivity index (χ4n) is 2.48. The Morgan fingerprint density at radius 1 is 1.31 bits per heavy atom. The quantitative estimate of drug-likeness (QED) is 0.542. The third-order valence-electron chi connectivity index (χ3n) is 3.96. The van der Waals surface area contributed by atoms with E-state index in [-0.39, 0.29) is 16.5 Å². The van der Waals surface area contributed by atoms with E-state index in [2.05, 4.69) is 20.7 Å². The smallest absolute Gasteiger partial charge is 0.267 e. The Morgan fingerprint density at radius 2 is 2.10 bits per heavy atom. The maximum absolute atomic E-state index is 14.4. The highest BCUT2D eigenvalue weighted by Crippen LogP contribution is 2.23. The van der Waals surface area contributed by atoms with E-state index in [1.807, 2.05) is 0 Å². The molecule has 0 aliphatic heterocycles. The molecule has 29 heavy (non-hydrogen) atoms. The van der Waals surface area contributed by atoms with Crippen molar-refractivity contribution in [3.05, 3.63) is 52.4 Å². The average molecular weight is 418 g/mol. The summed E-state index contributed by atoms with van der Waals surface area (Å²) < 4.78 is 20.9. The number of benzene rings is 1. The van der Waals surface area contributed by atoms with Crippen LogP contribution >= 0.6 is 11.3 Å². The van der Waals surface area contributed by atoms with Gasteiger partial charge in [-0.15, -0.1) is 0 Å². The first-order valence-corrected chi connectivity index (χ1v) is 9.35. The fourth-order valence-corrected chi connectivity index (χ4v) is 3.06. The van der Waals surface area contributed by atoms with Crippen molar-refractivity contribution in [2.45, 2.75) is 13.5 Å². The fraction of sp³-hybridized carbons (Fsp3) is 0.222. The van der Waals surface area contributed by atoms with Crippen LogP contribution in [0.15, 0.2) is 30.6 Å². The number of amides is 2. The molecule has 3 aromatic rings. The molecule has 1 aromatic carbocycles. The minimum atomic E-state index is -0.709. The molecule has 0 saturated carbocycles. The van der Waals surface area contributed by atoms with E-state index in [1.165, 1.54) is 18.3 Å². The highest BCUT2D eigenvalue weighted by Gasteiger charge is 2.18. The number of rotatable bonds is 7. The van der Waals surface area contributed by atoms with Crippen molar-refractivity contribution >= 4 is 39.8 Å². The highest BCUT2D eigenvalue weighted by atomic mass is 32.1. The van der Waals surface area contributed by atoms with E-state index in [9.17, 15) is 14.0 Å². The number of ether oxygens (including phenoxy) is 1. The molecule has 0 radical (unpaired) electrons. The molecule has 4 N–H and O–H groups in total. The van der Waals surface area contributed by atoms with Gasteiger partial charge in [-0.2, -0.15) is 5.10 Å². The molecule has 0 aliphatic rings. The lowest BCUT2D eigenvalue weighted by Crippen LogP contribution is -2.17. The molecule has 2 heterocycles. The number of nitrogens with one attached hydrogen (secondary N) is 2. The Bertz CT molecular complexity index is 1050. The van der Waals surface area contributed by atoms with Crippen LogP contribution in [-0.2, 0) is 11.3 Å². The lowest BCUT2D eigenvalue weighted by Gasteiger charge is -2.11. The monoisotopic (exact) mass is 418 g/mol. The summed E-state index contributed by atoms with van der Waals surface area (Å²) in [7, 11) is 1.58. The molecule has 0 spiro atoms. The number of carbonyl (C=O) groups excluding carboxylic acids is 2. The summed E-state index contributed by atoms with van der Waals surface area (Å²) in [5.41, 5.74) is 6.09. The number of methoxy groups -OCH3 is 1. The van der Waals surface area contributed by atoms with Crippen molar-refractivity contribution in [2.75, 3.05) is 30.1 Å². The second kappa shape index (κ2) is 8.80. The van der Waals surface area contributed by atoms with E-state index in [4.69, 9.17) is 10.5 Å². The summed E-state index contributed by atoms with van der Waals surface area (Å²) in [6.07, 6.45) is 3.02. The van der Waals surface area contributed by atoms with Crippen LogP contribution in [0.2, 0.25) is 0 Å². The second-order valence-corrected chi connectivity index (χ2v) is 7.14. The van der Waals surface area contributed by atoms with E-state index in [0.717, 1.165) is 11.3 Å². The zero-order chi connectivity index (χ0) is 21.0. The topological polar surface area (TPSA) is 124 Å². The molecular weight excluding hydrogens is 399 g/mol. The first-order valence-electron chi connectivity index (χ1n) is 8.54. The molecule has 152 valence electrons. The Morgan fingerprint density at radius 3 is 2.79 bits per heavy atom. The van der Waals surface area contributed by atoms with Crippen molar-refractivity contribution in [3.8, 4) is 0 Å². The van der Waals surface area contributed by atoms with Gasteiger partial charge in [0.1, 0.15) is 10.7 Å². The van der Waals surface area contributed by atoms with E-state index >= 15 is 0 Å². The van der Waals surface area contributed by atoms with Gasteiger partial charge in [0.25, 0.3) is 11.8 Å². The van der Waals surface area contributed by atoms with Crippen molar-refractivity contribution in [3.63, 3.8) is 0 Å². The molecule has 9 nitrogen and oxygen atoms in total. The molecule has 2 amide bonds. The van der Waals surface area contributed by atoms with E-state index in [0.29, 0.717) is 29.3 Å². The lowest BCUT2D eigenvalue weighted by atomic mass is 10.1. The summed E-state index contributed by atoms with van der Waals surface area (Å²) in [4.78, 5) is 29.0. The SMILES string of the molecule is COCCn1ccc(NC(=O)c2cc(NC(=O)c3cnc(N)s3)c(C)cc2F)n1. The summed E-state index contributed by atoms with van der Waals surface area (Å²) in [5, 5.41) is 9.62. The number of aromatic nitrogens is 3. The zero-order valence-corrected chi connectivity index (χ0v) is 16.5. The molecule has 11 heteroatoms. The number of nitrogens with zero attached hydrogens (tertiary/aromatic N) is 3. The van der Waals surface area contributed by atoms with E-state index < -0.39 is 17.6 Å². The Kier molecular flexibility index (Phi) is 6.20. The lowest BCUT2D eigenvalue weighted by molar-refractivity contribution is 0.101. The number of nitrogens with two attached hydrogens (primary N) is 1. The third-order valence-corrected chi connectivity index (χ3v) is 4.79. The van der Waals surface area contributed by atoms with Crippen LogP contribution in [0.3, 0.4) is 0 Å². The van der Waals surface area contributed by atoms with Crippen LogP contribution in [-0.4, -0.2) is 40.3 Å². The van der Waals surface area contributed by atoms with Crippen LogP contribution in [0, 0.1) is 12.7 Å². The van der Waals surface area contributed by atoms with Gasteiger partial charge in [-0.1, -0.05) is 11.3 Å². The summed E-state index contributed by atoms with van der Waals surface area (Å²) >= 11 is 1.03. The molecule has 0 saturated heterocycles. The van der Waals surface area contributed by atoms with Crippen LogP contribution in [0.25, 0.3) is 0 Å². The van der Waals surface area contributed by atoms with Gasteiger partial charge in [-0.05, 0) is 24.6 Å². The Hall–Kier alpha value is -3.31. The van der Waals surface area contributed by atoms with E-state index in [1.54, 1.807) is 31.0 Å². The second-order valence-electron chi connectivity index (χ2n) is 6.07. The van der Waals surface area contributed by atoms with Gasteiger partial charge in [-0.3, -0.25) is 14.3 Å². The summed E-state index contributed by atoms with van der Waals surface area (Å²) in [6, 6.07) is 4.06. The number of anilines is 3. The standard InChI is InChI=1S/C18H19FN6O3S/c1-10-7-12(19)11(8-13(10)22-17(27)14-9-21-18(20)29-14)16(26)23-15-3-4-25(24-15)5-6-28-2/h3-4,7-9H,5-6H2,1-2H3,(H2,20,21)(H,22,27)(H,23,24,26). The van der Waals surface area contributed by atoms with Crippen molar-refractivity contribution in [1.82, 2.24) is 14.8 Å². The largest absolute Gasteiger partial charge is 0.383 e. The number of halogens is 1. The number of aryl methyl sites for hydroxylation is 1. The minimum absolute atomic E-state index is 0.221. The summed E-state index contributed by atoms with van der Waals surface area (Å²) in [6.45, 7) is 2.61. The number of hydrogen-bond acceptors (Lipinski definition) is 7. The maximum atomic E-state index is 14.4. The van der Waals surface area contributed by atoms with Crippen LogP contribution in [0.5, 0.6) is 0 Å². The van der Waals surface area contributed by atoms with Crippen LogP contribution in [0.4, 0.5) is 21.0 Å². The van der Waals surface area contributed by atoms with Gasteiger partial charge >= 0.3 is 0 Å². The van der Waals surface area contributed by atoms with Crippen LogP contribution < -0.4 is 16.4 Å². The van der Waals surface area contributed by atoms with Crippen molar-refractivity contribution < 1.29 is 18.7 Å². The predicted octanol–water partition coefficient (Wildman–Crippen LogP) is 2.52. The number of carbonyl (C=O) groups is 2. The van der Waals surface area contributed by atoms with Gasteiger partial charge in [0, 0.05) is 25.1 Å². The molecule has 0 aliphatic carbocycles. The molecule has 2 aromatic heterocycles. The average Bonchev–Trinajstić information content (AvgIpc) is 3.31. The first-order chi connectivity index (χ1) is 13.9. The third kappa shape index (κ3) is 4.95. The maximum Gasteiger partial charge on any atom is 0.267 e. The Labute approximate surface area is 169 Å². The molecule has 0 fully saturated rings. The van der Waals surface area contributed by atoms with Gasteiger partial charge in [-0.25, -0.2) is 9.37 Å². The Balaban J connectivity index is 1.76. The highest BCUT2D eigenvalue weighted by molar-refractivity contribution is 7.17. The molecule has 3 rings (SSSR count). The van der Waals surface area contributed by atoms with Gasteiger partial charge in [0.05, 0.1) is 24.9 Å². The minimum Gasteiger partial charge on any atom is -0.383 e.